The fourth-order valence-electron chi connectivity index (χ4n) is 2.03. The van der Waals surface area contributed by atoms with E-state index >= 15 is 0 Å². The van der Waals surface area contributed by atoms with Gasteiger partial charge in [-0.2, -0.15) is 0 Å². The van der Waals surface area contributed by atoms with Crippen LogP contribution in [0.25, 0.3) is 0 Å². The second-order valence-corrected chi connectivity index (χ2v) is 3.88. The van der Waals surface area contributed by atoms with Crippen LogP contribution in [0.15, 0.2) is 18.2 Å². The Balaban J connectivity index is 2.02. The lowest BCUT2D eigenvalue weighted by Gasteiger charge is -2.11. The fraction of sp³-hybridized carbons (Fsp3) is 0.455. The van der Waals surface area contributed by atoms with E-state index in [1.165, 1.54) is 23.2 Å². The molecule has 0 amide bonds. The van der Waals surface area contributed by atoms with Crippen LogP contribution in [-0.2, 0) is 11.2 Å². The molecule has 2 heteroatoms. The molecule has 2 heterocycles. The molecule has 1 aromatic carbocycles. The Morgan fingerprint density at radius 1 is 1.46 bits per heavy atom. The summed E-state index contributed by atoms with van der Waals surface area (Å²) in [6.07, 6.45) is 1.59. The van der Waals surface area contributed by atoms with Crippen molar-refractivity contribution in [2.24, 2.45) is 0 Å². The standard InChI is InChI=1S/C11H13NO/c1-12-5-4-8-6-9(11-7-13-11)2-3-10(8)12/h2-3,6,11H,4-5,7H2,1H3. The highest BCUT2D eigenvalue weighted by Crippen LogP contribution is 2.34. The molecule has 3 rings (SSSR count). The topological polar surface area (TPSA) is 15.8 Å². The molecule has 1 fully saturated rings. The van der Waals surface area contributed by atoms with Crippen LogP contribution < -0.4 is 4.90 Å². The number of likely N-dealkylation sites (N-methyl/N-ethyl adjacent to an activating group) is 1. The Morgan fingerprint density at radius 2 is 2.31 bits per heavy atom. The Morgan fingerprint density at radius 3 is 3.08 bits per heavy atom. The normalized spacial score (nSPS) is 24.7. The molecule has 13 heavy (non-hydrogen) atoms. The summed E-state index contributed by atoms with van der Waals surface area (Å²) >= 11 is 0. The summed E-state index contributed by atoms with van der Waals surface area (Å²) in [6.45, 7) is 2.07. The zero-order valence-corrected chi connectivity index (χ0v) is 7.79. The van der Waals surface area contributed by atoms with E-state index < -0.39 is 0 Å². The molecule has 0 aromatic heterocycles. The molecule has 0 aliphatic carbocycles. The number of benzene rings is 1. The third-order valence-corrected chi connectivity index (χ3v) is 2.94. The van der Waals surface area contributed by atoms with Gasteiger partial charge >= 0.3 is 0 Å². The molecule has 0 spiro atoms. The van der Waals surface area contributed by atoms with Gasteiger partial charge in [0, 0.05) is 19.3 Å². The summed E-state index contributed by atoms with van der Waals surface area (Å²) in [6, 6.07) is 6.72. The molecular formula is C11H13NO. The van der Waals surface area contributed by atoms with E-state index in [0.29, 0.717) is 6.10 Å². The van der Waals surface area contributed by atoms with Crippen LogP contribution >= 0.6 is 0 Å². The average Bonchev–Trinajstić information content (AvgIpc) is 2.93. The third-order valence-electron chi connectivity index (χ3n) is 2.94. The molecule has 0 saturated carbocycles. The van der Waals surface area contributed by atoms with Crippen molar-refractivity contribution in [3.63, 3.8) is 0 Å². The monoisotopic (exact) mass is 175 g/mol. The van der Waals surface area contributed by atoms with Gasteiger partial charge in [-0.3, -0.25) is 0 Å². The van der Waals surface area contributed by atoms with E-state index in [1.807, 2.05) is 0 Å². The van der Waals surface area contributed by atoms with Crippen LogP contribution in [0.4, 0.5) is 5.69 Å². The fourth-order valence-corrected chi connectivity index (χ4v) is 2.03. The zero-order valence-electron chi connectivity index (χ0n) is 7.79. The smallest absolute Gasteiger partial charge is 0.106 e. The molecular weight excluding hydrogens is 162 g/mol. The summed E-state index contributed by atoms with van der Waals surface area (Å²) in [4.78, 5) is 2.31. The average molecular weight is 175 g/mol. The van der Waals surface area contributed by atoms with Crippen molar-refractivity contribution < 1.29 is 4.74 Å². The third kappa shape index (κ3) is 1.13. The molecule has 2 aliphatic heterocycles. The highest BCUT2D eigenvalue weighted by Gasteiger charge is 2.26. The Kier molecular flexibility index (Phi) is 1.41. The first-order valence-electron chi connectivity index (χ1n) is 4.80. The first-order chi connectivity index (χ1) is 6.34. The van der Waals surface area contributed by atoms with Crippen LogP contribution in [0, 0.1) is 0 Å². The van der Waals surface area contributed by atoms with Crippen LogP contribution in [0.3, 0.4) is 0 Å². The summed E-state index contributed by atoms with van der Waals surface area (Å²) in [5, 5.41) is 0. The van der Waals surface area contributed by atoms with E-state index in [4.69, 9.17) is 4.74 Å². The number of epoxide rings is 1. The van der Waals surface area contributed by atoms with Gasteiger partial charge in [-0.05, 0) is 23.6 Å². The van der Waals surface area contributed by atoms with E-state index in [0.717, 1.165) is 13.2 Å². The number of hydrogen-bond acceptors (Lipinski definition) is 2. The number of hydrogen-bond donors (Lipinski definition) is 0. The minimum atomic E-state index is 0.399. The predicted molar refractivity (Wildman–Crippen MR) is 52.1 cm³/mol. The molecule has 2 nitrogen and oxygen atoms in total. The van der Waals surface area contributed by atoms with E-state index in [-0.39, 0.29) is 0 Å². The van der Waals surface area contributed by atoms with E-state index in [2.05, 4.69) is 30.1 Å². The van der Waals surface area contributed by atoms with Crippen molar-refractivity contribution in [3.8, 4) is 0 Å². The number of rotatable bonds is 1. The predicted octanol–water partition coefficient (Wildman–Crippen LogP) is 1.75. The summed E-state index contributed by atoms with van der Waals surface area (Å²) in [7, 11) is 2.15. The van der Waals surface area contributed by atoms with Gasteiger partial charge in [0.2, 0.25) is 0 Å². The van der Waals surface area contributed by atoms with Gasteiger partial charge in [0.25, 0.3) is 0 Å². The second kappa shape index (κ2) is 2.48. The highest BCUT2D eigenvalue weighted by atomic mass is 16.6. The summed E-state index contributed by atoms with van der Waals surface area (Å²) in [5.41, 5.74) is 4.23. The minimum absolute atomic E-state index is 0.399. The SMILES string of the molecule is CN1CCc2cc(C3CO3)ccc21. The molecule has 1 unspecified atom stereocenters. The maximum absolute atomic E-state index is 5.27. The van der Waals surface area contributed by atoms with Gasteiger partial charge in [0.15, 0.2) is 0 Å². The minimum Gasteiger partial charge on any atom is -0.374 e. The lowest BCUT2D eigenvalue weighted by Crippen LogP contribution is -2.12. The van der Waals surface area contributed by atoms with Crippen LogP contribution in [0.5, 0.6) is 0 Å². The number of ether oxygens (including phenoxy) is 1. The van der Waals surface area contributed by atoms with Gasteiger partial charge in [0.05, 0.1) is 6.61 Å². The molecule has 1 saturated heterocycles. The second-order valence-electron chi connectivity index (χ2n) is 3.88. The number of nitrogens with zero attached hydrogens (tertiary/aromatic N) is 1. The maximum atomic E-state index is 5.27. The highest BCUT2D eigenvalue weighted by molar-refractivity contribution is 5.58. The molecule has 2 aliphatic rings. The zero-order chi connectivity index (χ0) is 8.84. The van der Waals surface area contributed by atoms with Crippen LogP contribution in [-0.4, -0.2) is 20.2 Å². The van der Waals surface area contributed by atoms with E-state index in [1.54, 1.807) is 0 Å². The van der Waals surface area contributed by atoms with Crippen LogP contribution in [0.2, 0.25) is 0 Å². The summed E-state index contributed by atoms with van der Waals surface area (Å²) < 4.78 is 5.27. The molecule has 0 radical (unpaired) electrons. The van der Waals surface area contributed by atoms with Gasteiger partial charge in [-0.25, -0.2) is 0 Å². The van der Waals surface area contributed by atoms with Crippen molar-refractivity contribution in [1.29, 1.82) is 0 Å². The van der Waals surface area contributed by atoms with Gasteiger partial charge in [0.1, 0.15) is 6.10 Å². The first kappa shape index (κ1) is 7.39. The number of anilines is 1. The van der Waals surface area contributed by atoms with Gasteiger partial charge in [-0.15, -0.1) is 0 Å². The van der Waals surface area contributed by atoms with Crippen molar-refractivity contribution in [2.75, 3.05) is 25.1 Å². The van der Waals surface area contributed by atoms with E-state index in [9.17, 15) is 0 Å². The van der Waals surface area contributed by atoms with Gasteiger partial charge < -0.3 is 9.64 Å². The van der Waals surface area contributed by atoms with Crippen molar-refractivity contribution in [3.05, 3.63) is 29.3 Å². The van der Waals surface area contributed by atoms with Gasteiger partial charge in [-0.1, -0.05) is 12.1 Å². The molecule has 68 valence electrons. The first-order valence-corrected chi connectivity index (χ1v) is 4.80. The largest absolute Gasteiger partial charge is 0.374 e. The quantitative estimate of drug-likeness (QED) is 0.604. The lowest BCUT2D eigenvalue weighted by molar-refractivity contribution is 0.415. The Hall–Kier alpha value is -1.02. The molecule has 0 N–H and O–H groups in total. The summed E-state index contributed by atoms with van der Waals surface area (Å²) in [5.74, 6) is 0. The van der Waals surface area contributed by atoms with Crippen molar-refractivity contribution in [2.45, 2.75) is 12.5 Å². The van der Waals surface area contributed by atoms with Crippen molar-refractivity contribution >= 4 is 5.69 Å². The molecule has 0 bridgehead atoms. The van der Waals surface area contributed by atoms with Crippen LogP contribution in [0.1, 0.15) is 17.2 Å². The number of fused-ring (bicyclic) bond motifs is 1. The molecule has 1 aromatic rings. The Labute approximate surface area is 78.1 Å². The Bertz CT molecular complexity index is 344. The maximum Gasteiger partial charge on any atom is 0.106 e. The lowest BCUT2D eigenvalue weighted by atomic mass is 10.1. The molecule has 1 atom stereocenters. The van der Waals surface area contributed by atoms with Crippen molar-refractivity contribution in [1.82, 2.24) is 0 Å².